The zero-order valence-corrected chi connectivity index (χ0v) is 9.73. The fourth-order valence-corrected chi connectivity index (χ4v) is 2.35. The number of nitrogens with zero attached hydrogens (tertiary/aromatic N) is 3. The topological polar surface area (TPSA) is 39.3 Å². The lowest BCUT2D eigenvalue weighted by molar-refractivity contribution is 0.430. The summed E-state index contributed by atoms with van der Waals surface area (Å²) in [4.78, 5) is 12.0. The summed E-state index contributed by atoms with van der Waals surface area (Å²) < 4.78 is 3.15. The van der Waals surface area contributed by atoms with Crippen molar-refractivity contribution in [2.45, 2.75) is 19.4 Å². The highest BCUT2D eigenvalue weighted by atomic mass is 32.1. The summed E-state index contributed by atoms with van der Waals surface area (Å²) in [5.41, 5.74) is 0.872. The maximum absolute atomic E-state index is 12.0. The normalized spacial score (nSPS) is 17.8. The molecular formula is C11H13N3OS. The van der Waals surface area contributed by atoms with E-state index in [0.29, 0.717) is 12.2 Å². The van der Waals surface area contributed by atoms with Gasteiger partial charge in [0.05, 0.1) is 6.54 Å². The summed E-state index contributed by atoms with van der Waals surface area (Å²) in [6.07, 6.45) is 4.05. The molecule has 0 saturated heterocycles. The molecule has 84 valence electrons. The highest BCUT2D eigenvalue weighted by Crippen LogP contribution is 2.47. The van der Waals surface area contributed by atoms with Gasteiger partial charge in [-0.1, -0.05) is 6.07 Å². The van der Waals surface area contributed by atoms with Crippen LogP contribution in [0.25, 0.3) is 5.65 Å². The Labute approximate surface area is 98.3 Å². The summed E-state index contributed by atoms with van der Waals surface area (Å²) in [5.74, 6) is 0.827. The molecule has 1 saturated carbocycles. The van der Waals surface area contributed by atoms with Gasteiger partial charge in [0.25, 0.3) is 0 Å². The Morgan fingerprint density at radius 2 is 2.25 bits per heavy atom. The summed E-state index contributed by atoms with van der Waals surface area (Å²) in [7, 11) is 0. The molecule has 3 rings (SSSR count). The van der Waals surface area contributed by atoms with Crippen molar-refractivity contribution in [1.29, 1.82) is 0 Å². The molecule has 0 atom stereocenters. The second-order valence-electron chi connectivity index (χ2n) is 4.53. The molecule has 2 heterocycles. The van der Waals surface area contributed by atoms with Crippen LogP contribution >= 0.6 is 12.6 Å². The molecule has 1 aliphatic carbocycles. The third-order valence-electron chi connectivity index (χ3n) is 3.27. The summed E-state index contributed by atoms with van der Waals surface area (Å²) in [5, 5.41) is 4.32. The quantitative estimate of drug-likeness (QED) is 0.812. The van der Waals surface area contributed by atoms with Gasteiger partial charge in [-0.25, -0.2) is 9.48 Å². The number of hydrogen-bond acceptors (Lipinski definition) is 3. The summed E-state index contributed by atoms with van der Waals surface area (Å²) in [6.45, 7) is 0.691. The van der Waals surface area contributed by atoms with E-state index in [-0.39, 0.29) is 11.1 Å². The molecule has 0 spiro atoms. The predicted molar refractivity (Wildman–Crippen MR) is 65.0 cm³/mol. The van der Waals surface area contributed by atoms with E-state index in [1.54, 1.807) is 15.3 Å². The van der Waals surface area contributed by atoms with Crippen molar-refractivity contribution in [3.05, 3.63) is 34.9 Å². The van der Waals surface area contributed by atoms with Gasteiger partial charge in [-0.3, -0.25) is 4.40 Å². The van der Waals surface area contributed by atoms with Crippen molar-refractivity contribution in [3.8, 4) is 0 Å². The van der Waals surface area contributed by atoms with E-state index in [0.717, 1.165) is 18.6 Å². The van der Waals surface area contributed by atoms with Gasteiger partial charge in [-0.2, -0.15) is 12.6 Å². The second-order valence-corrected chi connectivity index (χ2v) is 4.84. The van der Waals surface area contributed by atoms with Gasteiger partial charge in [0.1, 0.15) is 0 Å². The Morgan fingerprint density at radius 1 is 1.44 bits per heavy atom. The molecule has 2 aromatic rings. The first kappa shape index (κ1) is 9.96. The Bertz CT molecular complexity index is 582. The first-order chi connectivity index (χ1) is 7.74. The summed E-state index contributed by atoms with van der Waals surface area (Å²) in [6, 6.07) is 5.57. The van der Waals surface area contributed by atoms with Crippen LogP contribution in [0.15, 0.2) is 29.2 Å². The minimum Gasteiger partial charge on any atom is -0.250 e. The van der Waals surface area contributed by atoms with E-state index >= 15 is 0 Å². The number of thiol groups is 1. The van der Waals surface area contributed by atoms with Crippen LogP contribution in [0.3, 0.4) is 0 Å². The van der Waals surface area contributed by atoms with Gasteiger partial charge in [0, 0.05) is 6.20 Å². The smallest absolute Gasteiger partial charge is 0.250 e. The number of pyridine rings is 1. The minimum atomic E-state index is -0.0522. The molecule has 0 amide bonds. The summed E-state index contributed by atoms with van der Waals surface area (Å²) >= 11 is 4.34. The van der Waals surface area contributed by atoms with Crippen LogP contribution in [0.1, 0.15) is 12.8 Å². The molecule has 0 N–H and O–H groups in total. The maximum atomic E-state index is 12.0. The monoisotopic (exact) mass is 235 g/mol. The van der Waals surface area contributed by atoms with E-state index in [4.69, 9.17) is 0 Å². The van der Waals surface area contributed by atoms with Crippen molar-refractivity contribution >= 4 is 18.3 Å². The highest BCUT2D eigenvalue weighted by molar-refractivity contribution is 7.80. The van der Waals surface area contributed by atoms with Crippen LogP contribution in [0, 0.1) is 5.41 Å². The van der Waals surface area contributed by atoms with E-state index in [1.165, 1.54) is 0 Å². The first-order valence-corrected chi connectivity index (χ1v) is 6.02. The van der Waals surface area contributed by atoms with Gasteiger partial charge in [0.2, 0.25) is 0 Å². The zero-order chi connectivity index (χ0) is 11.2. The molecule has 2 aromatic heterocycles. The van der Waals surface area contributed by atoms with Crippen LogP contribution in [0.4, 0.5) is 0 Å². The molecule has 5 heteroatoms. The van der Waals surface area contributed by atoms with Crippen molar-refractivity contribution in [2.24, 2.45) is 5.41 Å². The molecule has 0 unspecified atom stereocenters. The zero-order valence-electron chi connectivity index (χ0n) is 8.83. The predicted octanol–water partition coefficient (Wildman–Crippen LogP) is 1.21. The minimum absolute atomic E-state index is 0.0522. The lowest BCUT2D eigenvalue weighted by Crippen LogP contribution is -2.26. The third kappa shape index (κ3) is 1.46. The molecule has 0 radical (unpaired) electrons. The third-order valence-corrected chi connectivity index (χ3v) is 3.94. The van der Waals surface area contributed by atoms with E-state index < -0.39 is 0 Å². The highest BCUT2D eigenvalue weighted by Gasteiger charge is 2.42. The average molecular weight is 235 g/mol. The number of aromatic nitrogens is 3. The number of fused-ring (bicyclic) bond motifs is 1. The lowest BCUT2D eigenvalue weighted by atomic mass is 10.1. The lowest BCUT2D eigenvalue weighted by Gasteiger charge is -2.09. The van der Waals surface area contributed by atoms with E-state index in [9.17, 15) is 4.79 Å². The van der Waals surface area contributed by atoms with Crippen molar-refractivity contribution in [3.63, 3.8) is 0 Å². The number of rotatable bonds is 3. The molecular weight excluding hydrogens is 222 g/mol. The van der Waals surface area contributed by atoms with Crippen molar-refractivity contribution in [1.82, 2.24) is 14.2 Å². The standard InChI is InChI=1S/C11H13N3OS/c15-10-13-6-2-1-3-9(13)12-14(10)7-11(8-16)4-5-11/h1-3,6,16H,4-5,7-8H2. The van der Waals surface area contributed by atoms with E-state index in [2.05, 4.69) is 17.7 Å². The van der Waals surface area contributed by atoms with Crippen molar-refractivity contribution < 1.29 is 0 Å². The van der Waals surface area contributed by atoms with Crippen LogP contribution < -0.4 is 5.69 Å². The first-order valence-electron chi connectivity index (χ1n) is 5.39. The van der Waals surface area contributed by atoms with Gasteiger partial charge < -0.3 is 0 Å². The van der Waals surface area contributed by atoms with Crippen LogP contribution in [0.5, 0.6) is 0 Å². The van der Waals surface area contributed by atoms with Crippen LogP contribution in [-0.2, 0) is 6.54 Å². The largest absolute Gasteiger partial charge is 0.350 e. The van der Waals surface area contributed by atoms with Gasteiger partial charge >= 0.3 is 5.69 Å². The van der Waals surface area contributed by atoms with E-state index in [1.807, 2.05) is 18.2 Å². The molecule has 0 bridgehead atoms. The Kier molecular flexibility index (Phi) is 2.10. The molecule has 1 aliphatic rings. The molecule has 0 aliphatic heterocycles. The molecule has 0 aromatic carbocycles. The Morgan fingerprint density at radius 3 is 2.88 bits per heavy atom. The SMILES string of the molecule is O=c1n(CC2(CS)CC2)nc2ccccn12. The van der Waals surface area contributed by atoms with Gasteiger partial charge in [-0.05, 0) is 36.1 Å². The Hall–Kier alpha value is -1.23. The maximum Gasteiger partial charge on any atom is 0.350 e. The second kappa shape index (κ2) is 3.38. The van der Waals surface area contributed by atoms with Gasteiger partial charge in [0.15, 0.2) is 5.65 Å². The molecule has 1 fully saturated rings. The fourth-order valence-electron chi connectivity index (χ4n) is 1.93. The van der Waals surface area contributed by atoms with Crippen LogP contribution in [0.2, 0.25) is 0 Å². The van der Waals surface area contributed by atoms with Crippen LogP contribution in [-0.4, -0.2) is 19.9 Å². The van der Waals surface area contributed by atoms with Crippen molar-refractivity contribution in [2.75, 3.05) is 5.75 Å². The van der Waals surface area contributed by atoms with Gasteiger partial charge in [-0.15, -0.1) is 5.10 Å². The average Bonchev–Trinajstić information content (AvgIpc) is 3.02. The molecule has 16 heavy (non-hydrogen) atoms. The molecule has 4 nitrogen and oxygen atoms in total. The number of hydrogen-bond donors (Lipinski definition) is 1. The Balaban J connectivity index is 2.04. The fraction of sp³-hybridized carbons (Fsp3) is 0.455.